The zero-order valence-corrected chi connectivity index (χ0v) is 19.9. The molecule has 5 heterocycles. The number of ether oxygens (including phenoxy) is 2. The normalized spacial score (nSPS) is 16.8. The molecule has 1 aromatic carbocycles. The summed E-state index contributed by atoms with van der Waals surface area (Å²) in [5, 5.41) is 23.8. The van der Waals surface area contributed by atoms with Crippen LogP contribution in [0.3, 0.4) is 0 Å². The Morgan fingerprint density at radius 3 is 2.81 bits per heavy atom. The van der Waals surface area contributed by atoms with Crippen molar-refractivity contribution in [3.63, 3.8) is 0 Å². The van der Waals surface area contributed by atoms with Crippen LogP contribution in [-0.4, -0.2) is 73.5 Å². The van der Waals surface area contributed by atoms with E-state index < -0.39 is 11.1 Å². The Hall–Kier alpha value is -4.00. The van der Waals surface area contributed by atoms with Crippen LogP contribution in [0.1, 0.15) is 12.5 Å². The maximum Gasteiger partial charge on any atom is 0.225 e. The number of rotatable bonds is 8. The van der Waals surface area contributed by atoms with Crippen LogP contribution in [0.15, 0.2) is 53.3 Å². The Morgan fingerprint density at radius 1 is 1.22 bits per heavy atom. The molecule has 0 bridgehead atoms. The Morgan fingerprint density at radius 2 is 2.08 bits per heavy atom. The Bertz CT molecular complexity index is 1540. The second-order valence-corrected chi connectivity index (χ2v) is 9.24. The molecular weight excluding hydrogens is 464 g/mol. The minimum absolute atomic E-state index is 0.173. The smallest absolute Gasteiger partial charge is 0.225 e. The van der Waals surface area contributed by atoms with E-state index in [0.29, 0.717) is 54.6 Å². The van der Waals surface area contributed by atoms with Crippen molar-refractivity contribution in [1.29, 1.82) is 0 Å². The number of methoxy groups -OCH3 is 1. The number of furan rings is 1. The molecule has 4 N–H and O–H groups in total. The predicted molar refractivity (Wildman–Crippen MR) is 131 cm³/mol. The van der Waals surface area contributed by atoms with Gasteiger partial charge in [0, 0.05) is 13.1 Å². The van der Waals surface area contributed by atoms with E-state index in [2.05, 4.69) is 20.4 Å². The summed E-state index contributed by atoms with van der Waals surface area (Å²) in [6.45, 7) is 3.48. The van der Waals surface area contributed by atoms with Crippen molar-refractivity contribution in [3.05, 3.63) is 54.4 Å². The third-order valence-electron chi connectivity index (χ3n) is 6.59. The molecule has 0 spiro atoms. The molecule has 12 heteroatoms. The zero-order chi connectivity index (χ0) is 24.9. The molecule has 5 aromatic rings. The SMILES string of the molecule is COc1cccc(C(C)(CNCC2(O)COC2)n2ncc3c2nc(N)n2nc(-c4ccco4)nc32)c1. The third-order valence-corrected chi connectivity index (χ3v) is 6.59. The van der Waals surface area contributed by atoms with Gasteiger partial charge in [-0.15, -0.1) is 5.10 Å². The Labute approximate surface area is 205 Å². The van der Waals surface area contributed by atoms with Gasteiger partial charge in [0.15, 0.2) is 17.1 Å². The monoisotopic (exact) mass is 490 g/mol. The lowest BCUT2D eigenvalue weighted by Crippen LogP contribution is -2.57. The summed E-state index contributed by atoms with van der Waals surface area (Å²) in [6, 6.07) is 11.3. The molecule has 0 saturated carbocycles. The number of fused-ring (bicyclic) bond motifs is 3. The van der Waals surface area contributed by atoms with Crippen LogP contribution >= 0.6 is 0 Å². The molecular formula is C24H26N8O4. The van der Waals surface area contributed by atoms with Gasteiger partial charge >= 0.3 is 0 Å². The van der Waals surface area contributed by atoms with Crippen LogP contribution in [0.5, 0.6) is 5.75 Å². The van der Waals surface area contributed by atoms with Gasteiger partial charge in [0.1, 0.15) is 11.4 Å². The number of aliphatic hydroxyl groups is 1. The van der Waals surface area contributed by atoms with Crippen molar-refractivity contribution in [3.8, 4) is 17.3 Å². The van der Waals surface area contributed by atoms with Gasteiger partial charge in [0.05, 0.1) is 43.7 Å². The number of nitrogens with two attached hydrogens (primary N) is 1. The summed E-state index contributed by atoms with van der Waals surface area (Å²) < 4.78 is 19.4. The highest BCUT2D eigenvalue weighted by molar-refractivity contribution is 5.90. The molecule has 1 atom stereocenters. The van der Waals surface area contributed by atoms with E-state index in [-0.39, 0.29) is 5.95 Å². The van der Waals surface area contributed by atoms with Gasteiger partial charge in [-0.1, -0.05) is 12.1 Å². The highest BCUT2D eigenvalue weighted by atomic mass is 16.5. The largest absolute Gasteiger partial charge is 0.497 e. The number of nitrogens with zero attached hydrogens (tertiary/aromatic N) is 6. The lowest BCUT2D eigenvalue weighted by molar-refractivity contribution is -0.175. The van der Waals surface area contributed by atoms with E-state index in [1.807, 2.05) is 35.9 Å². The van der Waals surface area contributed by atoms with Gasteiger partial charge in [-0.05, 0) is 36.8 Å². The molecule has 6 rings (SSSR count). The average Bonchev–Trinajstić information content (AvgIpc) is 3.62. The number of nitrogens with one attached hydrogen (secondary N) is 1. The van der Waals surface area contributed by atoms with Crippen LogP contribution in [-0.2, 0) is 10.3 Å². The van der Waals surface area contributed by atoms with E-state index in [9.17, 15) is 5.11 Å². The summed E-state index contributed by atoms with van der Waals surface area (Å²) in [4.78, 5) is 9.31. The first-order chi connectivity index (χ1) is 17.4. The second-order valence-electron chi connectivity index (χ2n) is 9.24. The fraction of sp³-hybridized carbons (Fsp3) is 0.333. The van der Waals surface area contributed by atoms with Gasteiger partial charge in [0.25, 0.3) is 0 Å². The number of anilines is 1. The van der Waals surface area contributed by atoms with Crippen LogP contribution in [0.25, 0.3) is 28.3 Å². The van der Waals surface area contributed by atoms with E-state index in [0.717, 1.165) is 11.3 Å². The average molecular weight is 491 g/mol. The molecule has 12 nitrogen and oxygen atoms in total. The molecule has 0 amide bonds. The lowest BCUT2D eigenvalue weighted by Gasteiger charge is -2.38. The molecule has 1 aliphatic heterocycles. The number of hydrogen-bond donors (Lipinski definition) is 3. The van der Waals surface area contributed by atoms with Gasteiger partial charge in [0.2, 0.25) is 11.8 Å². The van der Waals surface area contributed by atoms with Crippen molar-refractivity contribution in [1.82, 2.24) is 34.7 Å². The number of nitrogen functional groups attached to an aromatic ring is 1. The third kappa shape index (κ3) is 3.58. The molecule has 1 unspecified atom stereocenters. The second kappa shape index (κ2) is 8.29. The van der Waals surface area contributed by atoms with Crippen molar-refractivity contribution in [2.45, 2.75) is 18.1 Å². The molecule has 36 heavy (non-hydrogen) atoms. The van der Waals surface area contributed by atoms with Crippen molar-refractivity contribution < 1.29 is 19.0 Å². The predicted octanol–water partition coefficient (Wildman–Crippen LogP) is 1.44. The molecule has 1 saturated heterocycles. The topological polar surface area (TPSA) is 151 Å². The maximum atomic E-state index is 10.5. The molecule has 0 aliphatic carbocycles. The van der Waals surface area contributed by atoms with Crippen molar-refractivity contribution in [2.75, 3.05) is 39.1 Å². The summed E-state index contributed by atoms with van der Waals surface area (Å²) in [6.07, 6.45) is 3.28. The summed E-state index contributed by atoms with van der Waals surface area (Å²) >= 11 is 0. The lowest BCUT2D eigenvalue weighted by atomic mass is 9.91. The Kier molecular flexibility index (Phi) is 5.18. The maximum absolute atomic E-state index is 10.5. The summed E-state index contributed by atoms with van der Waals surface area (Å²) in [5.74, 6) is 1.83. The highest BCUT2D eigenvalue weighted by Crippen LogP contribution is 2.32. The standard InChI is InChI=1S/C24H26N8O4/c1-23(11-26-12-24(33)13-35-14-24,15-5-3-6-16(9-15)34-2)32-21-17(10-27-32)20-28-19(18-7-4-8-36-18)30-31(20)22(25)29-21/h3-10,26,33H,11-14H2,1-2H3,(H2,25,29). The van der Waals surface area contributed by atoms with Crippen molar-refractivity contribution in [2.24, 2.45) is 0 Å². The van der Waals surface area contributed by atoms with Gasteiger partial charge in [-0.25, -0.2) is 9.67 Å². The van der Waals surface area contributed by atoms with Crippen LogP contribution in [0, 0.1) is 0 Å². The molecule has 1 aliphatic rings. The fourth-order valence-corrected chi connectivity index (χ4v) is 4.52. The van der Waals surface area contributed by atoms with E-state index in [1.165, 1.54) is 4.52 Å². The van der Waals surface area contributed by atoms with Gasteiger partial charge in [-0.2, -0.15) is 14.6 Å². The van der Waals surface area contributed by atoms with E-state index >= 15 is 0 Å². The van der Waals surface area contributed by atoms with Gasteiger partial charge in [-0.3, -0.25) is 0 Å². The molecule has 0 radical (unpaired) electrons. The first-order valence-electron chi connectivity index (χ1n) is 11.5. The molecule has 1 fully saturated rings. The quantitative estimate of drug-likeness (QED) is 0.291. The van der Waals surface area contributed by atoms with Crippen LogP contribution < -0.4 is 15.8 Å². The minimum atomic E-state index is -0.875. The van der Waals surface area contributed by atoms with Crippen LogP contribution in [0.4, 0.5) is 5.95 Å². The summed E-state index contributed by atoms with van der Waals surface area (Å²) in [5.41, 5.74) is 6.74. The fourth-order valence-electron chi connectivity index (χ4n) is 4.52. The summed E-state index contributed by atoms with van der Waals surface area (Å²) in [7, 11) is 1.63. The number of benzene rings is 1. The molecule has 186 valence electrons. The minimum Gasteiger partial charge on any atom is -0.497 e. The van der Waals surface area contributed by atoms with Gasteiger partial charge < -0.3 is 30.0 Å². The number of hydrogen-bond acceptors (Lipinski definition) is 10. The highest BCUT2D eigenvalue weighted by Gasteiger charge is 2.38. The van der Waals surface area contributed by atoms with Crippen molar-refractivity contribution >= 4 is 22.6 Å². The number of aromatic nitrogens is 6. The zero-order valence-electron chi connectivity index (χ0n) is 19.9. The van der Waals surface area contributed by atoms with E-state index in [4.69, 9.17) is 24.7 Å². The first-order valence-corrected chi connectivity index (χ1v) is 11.5. The molecule has 4 aromatic heterocycles. The first kappa shape index (κ1) is 22.5. The van der Waals surface area contributed by atoms with E-state index in [1.54, 1.807) is 31.7 Å². The Balaban J connectivity index is 1.47. The van der Waals surface area contributed by atoms with Crippen LogP contribution in [0.2, 0.25) is 0 Å².